The van der Waals surface area contributed by atoms with E-state index in [1.54, 1.807) is 16.4 Å². The van der Waals surface area contributed by atoms with Crippen molar-refractivity contribution in [2.24, 2.45) is 0 Å². The Hall–Kier alpha value is -1.81. The molecule has 2 aromatic carbocycles. The van der Waals surface area contributed by atoms with Gasteiger partial charge in [0.15, 0.2) is 0 Å². The van der Waals surface area contributed by atoms with Crippen LogP contribution in [0.2, 0.25) is 0 Å². The van der Waals surface area contributed by atoms with Crippen molar-refractivity contribution in [3.8, 4) is 0 Å². The van der Waals surface area contributed by atoms with Gasteiger partial charge in [-0.15, -0.1) is 0 Å². The summed E-state index contributed by atoms with van der Waals surface area (Å²) in [7, 11) is -3.51. The maximum Gasteiger partial charge on any atom is 0.264 e. The summed E-state index contributed by atoms with van der Waals surface area (Å²) in [6, 6.07) is 13.0. The second kappa shape index (κ2) is 4.88. The van der Waals surface area contributed by atoms with E-state index in [1.807, 2.05) is 51.1 Å². The highest BCUT2D eigenvalue weighted by molar-refractivity contribution is 7.92. The molecule has 1 aliphatic heterocycles. The van der Waals surface area contributed by atoms with Gasteiger partial charge >= 0.3 is 0 Å². The van der Waals surface area contributed by atoms with Crippen molar-refractivity contribution < 1.29 is 8.42 Å². The number of anilines is 1. The molecule has 3 rings (SSSR count). The largest absolute Gasteiger partial charge is 0.264 e. The van der Waals surface area contributed by atoms with Gasteiger partial charge in [-0.25, -0.2) is 8.42 Å². The van der Waals surface area contributed by atoms with E-state index >= 15 is 0 Å². The third-order valence-corrected chi connectivity index (χ3v) is 6.10. The van der Waals surface area contributed by atoms with Crippen LogP contribution in [0.5, 0.6) is 0 Å². The second-order valence-electron chi connectivity index (χ2n) is 5.73. The van der Waals surface area contributed by atoms with Crippen LogP contribution >= 0.6 is 0 Å². The number of sulfonamides is 1. The molecule has 0 saturated carbocycles. The van der Waals surface area contributed by atoms with E-state index in [1.165, 1.54) is 0 Å². The van der Waals surface area contributed by atoms with Crippen LogP contribution in [0.3, 0.4) is 0 Å². The van der Waals surface area contributed by atoms with Crippen LogP contribution in [-0.2, 0) is 16.4 Å². The van der Waals surface area contributed by atoms with Crippen molar-refractivity contribution in [1.82, 2.24) is 0 Å². The van der Waals surface area contributed by atoms with E-state index in [4.69, 9.17) is 0 Å². The van der Waals surface area contributed by atoms with Crippen molar-refractivity contribution in [3.05, 3.63) is 59.2 Å². The van der Waals surface area contributed by atoms with Gasteiger partial charge in [0.25, 0.3) is 10.0 Å². The number of para-hydroxylation sites is 1. The van der Waals surface area contributed by atoms with Gasteiger partial charge in [-0.05, 0) is 62.1 Å². The Balaban J connectivity index is 2.12. The van der Waals surface area contributed by atoms with Crippen molar-refractivity contribution in [3.63, 3.8) is 0 Å². The van der Waals surface area contributed by atoms with Crippen LogP contribution in [0.4, 0.5) is 5.69 Å². The number of fused-ring (bicyclic) bond motifs is 1. The van der Waals surface area contributed by atoms with E-state index < -0.39 is 10.0 Å². The number of hydrogen-bond donors (Lipinski definition) is 0. The molecule has 0 N–H and O–H groups in total. The number of hydrogen-bond acceptors (Lipinski definition) is 2. The molecule has 0 unspecified atom stereocenters. The third-order valence-electron chi connectivity index (χ3n) is 4.18. The summed E-state index contributed by atoms with van der Waals surface area (Å²) in [5.41, 5.74) is 4.00. The summed E-state index contributed by atoms with van der Waals surface area (Å²) < 4.78 is 27.6. The lowest BCUT2D eigenvalue weighted by molar-refractivity contribution is 0.584. The molecule has 0 spiro atoms. The summed E-state index contributed by atoms with van der Waals surface area (Å²) in [6.07, 6.45) is 0.764. The third kappa shape index (κ3) is 2.23. The lowest BCUT2D eigenvalue weighted by atomic mass is 10.1. The highest BCUT2D eigenvalue weighted by Gasteiger charge is 2.35. The van der Waals surface area contributed by atoms with Crippen molar-refractivity contribution in [2.75, 3.05) is 4.31 Å². The first kappa shape index (κ1) is 14.1. The van der Waals surface area contributed by atoms with Gasteiger partial charge in [-0.1, -0.05) is 24.3 Å². The first-order chi connectivity index (χ1) is 9.91. The first-order valence-electron chi connectivity index (χ1n) is 7.11. The number of nitrogens with zero attached hydrogens (tertiary/aromatic N) is 1. The Kier molecular flexibility index (Phi) is 3.29. The summed E-state index contributed by atoms with van der Waals surface area (Å²) in [4.78, 5) is 0.370. The van der Waals surface area contributed by atoms with Gasteiger partial charge in [0.2, 0.25) is 0 Å². The molecular formula is C17H19NO2S. The van der Waals surface area contributed by atoms with E-state index in [-0.39, 0.29) is 6.04 Å². The van der Waals surface area contributed by atoms with Crippen LogP contribution in [0.1, 0.15) is 23.6 Å². The fraction of sp³-hybridized carbons (Fsp3) is 0.294. The average Bonchev–Trinajstić information content (AvgIpc) is 2.78. The lowest BCUT2D eigenvalue weighted by Crippen LogP contribution is -2.35. The Morgan fingerprint density at radius 1 is 1.05 bits per heavy atom. The predicted octanol–water partition coefficient (Wildman–Crippen LogP) is 3.44. The topological polar surface area (TPSA) is 37.4 Å². The average molecular weight is 301 g/mol. The smallest absolute Gasteiger partial charge is 0.263 e. The Morgan fingerprint density at radius 2 is 1.76 bits per heavy atom. The quantitative estimate of drug-likeness (QED) is 0.852. The van der Waals surface area contributed by atoms with Gasteiger partial charge in [0.1, 0.15) is 0 Å². The van der Waals surface area contributed by atoms with Crippen molar-refractivity contribution in [2.45, 2.75) is 38.1 Å². The minimum atomic E-state index is -3.51. The molecule has 0 saturated heterocycles. The van der Waals surface area contributed by atoms with Gasteiger partial charge in [-0.2, -0.15) is 0 Å². The molecule has 1 aliphatic rings. The lowest BCUT2D eigenvalue weighted by Gasteiger charge is -2.24. The van der Waals surface area contributed by atoms with Gasteiger partial charge in [0.05, 0.1) is 10.6 Å². The molecule has 1 heterocycles. The monoisotopic (exact) mass is 301 g/mol. The standard InChI is InChI=1S/C17H19NO2S/c1-12-8-9-16(10-13(12)2)21(19,20)18-14(3)11-15-6-4-5-7-17(15)18/h4-10,14H,11H2,1-3H3/t14-/m1/s1. The normalized spacial score (nSPS) is 17.9. The van der Waals surface area contributed by atoms with Crippen LogP contribution < -0.4 is 4.31 Å². The summed E-state index contributed by atoms with van der Waals surface area (Å²) in [6.45, 7) is 5.88. The zero-order valence-corrected chi connectivity index (χ0v) is 13.3. The molecule has 21 heavy (non-hydrogen) atoms. The highest BCUT2D eigenvalue weighted by Crippen LogP contribution is 2.36. The molecule has 110 valence electrons. The molecular weight excluding hydrogens is 282 g/mol. The molecule has 0 amide bonds. The predicted molar refractivity (Wildman–Crippen MR) is 85.2 cm³/mol. The van der Waals surface area contributed by atoms with E-state index in [0.717, 1.165) is 28.8 Å². The van der Waals surface area contributed by atoms with E-state index in [0.29, 0.717) is 4.90 Å². The molecule has 4 heteroatoms. The molecule has 1 atom stereocenters. The zero-order chi connectivity index (χ0) is 15.2. The van der Waals surface area contributed by atoms with E-state index in [9.17, 15) is 8.42 Å². The maximum atomic E-state index is 13.0. The summed E-state index contributed by atoms with van der Waals surface area (Å²) in [5, 5.41) is 0. The number of benzene rings is 2. The summed E-state index contributed by atoms with van der Waals surface area (Å²) in [5.74, 6) is 0. The second-order valence-corrected chi connectivity index (χ2v) is 7.54. The minimum absolute atomic E-state index is 0.0472. The Bertz CT molecular complexity index is 796. The fourth-order valence-corrected chi connectivity index (χ4v) is 4.67. The zero-order valence-electron chi connectivity index (χ0n) is 12.5. The Morgan fingerprint density at radius 3 is 2.48 bits per heavy atom. The van der Waals surface area contributed by atoms with Crippen LogP contribution in [0, 0.1) is 13.8 Å². The molecule has 0 bridgehead atoms. The molecule has 0 aromatic heterocycles. The molecule has 3 nitrogen and oxygen atoms in total. The van der Waals surface area contributed by atoms with Gasteiger partial charge in [-0.3, -0.25) is 4.31 Å². The van der Waals surface area contributed by atoms with E-state index in [2.05, 4.69) is 0 Å². The van der Waals surface area contributed by atoms with Crippen molar-refractivity contribution >= 4 is 15.7 Å². The molecule has 0 radical (unpaired) electrons. The number of aryl methyl sites for hydroxylation is 2. The molecule has 2 aromatic rings. The minimum Gasteiger partial charge on any atom is -0.263 e. The Labute approximate surface area is 126 Å². The van der Waals surface area contributed by atoms with Gasteiger partial charge in [0, 0.05) is 6.04 Å². The van der Waals surface area contributed by atoms with Gasteiger partial charge < -0.3 is 0 Å². The fourth-order valence-electron chi connectivity index (χ4n) is 2.89. The molecule has 0 fully saturated rings. The number of rotatable bonds is 2. The highest BCUT2D eigenvalue weighted by atomic mass is 32.2. The van der Waals surface area contributed by atoms with Crippen LogP contribution in [-0.4, -0.2) is 14.5 Å². The SMILES string of the molecule is Cc1ccc(S(=O)(=O)N2c3ccccc3C[C@H]2C)cc1C. The maximum absolute atomic E-state index is 13.0. The van der Waals surface area contributed by atoms with Crippen LogP contribution in [0.15, 0.2) is 47.4 Å². The van der Waals surface area contributed by atoms with Crippen molar-refractivity contribution in [1.29, 1.82) is 0 Å². The summed E-state index contributed by atoms with van der Waals surface area (Å²) >= 11 is 0. The molecule has 0 aliphatic carbocycles. The first-order valence-corrected chi connectivity index (χ1v) is 8.55. The van der Waals surface area contributed by atoms with Crippen LogP contribution in [0.25, 0.3) is 0 Å².